The molecule has 0 bridgehead atoms. The van der Waals surface area contributed by atoms with E-state index in [1.807, 2.05) is 6.92 Å². The fourth-order valence-electron chi connectivity index (χ4n) is 3.17. The van der Waals surface area contributed by atoms with Crippen molar-refractivity contribution in [3.63, 3.8) is 0 Å². The third-order valence-electron chi connectivity index (χ3n) is 4.61. The molecule has 1 fully saturated rings. The average Bonchev–Trinajstić information content (AvgIpc) is 2.65. The van der Waals surface area contributed by atoms with Crippen LogP contribution >= 0.6 is 0 Å². The zero-order chi connectivity index (χ0) is 19.6. The molecular weight excluding hydrogens is 352 g/mol. The number of halogens is 2. The van der Waals surface area contributed by atoms with Crippen molar-refractivity contribution in [2.24, 2.45) is 16.6 Å². The van der Waals surface area contributed by atoms with E-state index in [0.717, 1.165) is 57.1 Å². The van der Waals surface area contributed by atoms with Gasteiger partial charge in [0.1, 0.15) is 11.6 Å². The van der Waals surface area contributed by atoms with Crippen LogP contribution in [0.25, 0.3) is 0 Å². The molecule has 1 aromatic carbocycles. The summed E-state index contributed by atoms with van der Waals surface area (Å²) < 4.78 is 26.9. The lowest BCUT2D eigenvalue weighted by molar-refractivity contribution is -0.123. The first-order valence-corrected chi connectivity index (χ1v) is 9.47. The lowest BCUT2D eigenvalue weighted by atomic mass is 9.97. The van der Waals surface area contributed by atoms with Gasteiger partial charge in [-0.25, -0.2) is 13.8 Å². The summed E-state index contributed by atoms with van der Waals surface area (Å²) in [5, 5.41) is 6.30. The molecule has 1 atom stereocenters. The van der Waals surface area contributed by atoms with Crippen molar-refractivity contribution in [2.45, 2.75) is 32.7 Å². The summed E-state index contributed by atoms with van der Waals surface area (Å²) in [4.78, 5) is 17.9. The molecule has 0 radical (unpaired) electrons. The summed E-state index contributed by atoms with van der Waals surface area (Å²) in [6.45, 7) is 5.94. The zero-order valence-corrected chi connectivity index (χ0v) is 15.8. The number of rotatable bonds is 8. The van der Waals surface area contributed by atoms with Gasteiger partial charge in [0.05, 0.1) is 12.5 Å². The van der Waals surface area contributed by atoms with Crippen LogP contribution in [0.1, 0.15) is 31.7 Å². The average molecular weight is 381 g/mol. The highest BCUT2D eigenvalue weighted by atomic mass is 19.1. The van der Waals surface area contributed by atoms with Gasteiger partial charge in [-0.15, -0.1) is 0 Å². The monoisotopic (exact) mass is 381 g/mol. The highest BCUT2D eigenvalue weighted by molar-refractivity contribution is 5.79. The predicted octanol–water partition coefficient (Wildman–Crippen LogP) is 1.61. The van der Waals surface area contributed by atoms with Gasteiger partial charge in [-0.3, -0.25) is 4.79 Å². The Labute approximate surface area is 159 Å². The van der Waals surface area contributed by atoms with E-state index in [2.05, 4.69) is 20.5 Å². The number of nitrogens with zero attached hydrogens (tertiary/aromatic N) is 2. The Bertz CT molecular complexity index is 653. The molecule has 0 saturated carbocycles. The fraction of sp³-hybridized carbons (Fsp3) is 0.579. The number of likely N-dealkylation sites (tertiary alicyclic amines) is 1. The van der Waals surface area contributed by atoms with Crippen LogP contribution in [-0.4, -0.2) is 49.5 Å². The molecule has 1 aliphatic rings. The number of aliphatic imine (C=N–C) groups is 1. The third kappa shape index (κ3) is 7.13. The molecular formula is C19H29F2N5O. The second-order valence-electron chi connectivity index (χ2n) is 6.75. The number of benzene rings is 1. The van der Waals surface area contributed by atoms with Gasteiger partial charge in [0.25, 0.3) is 0 Å². The zero-order valence-electron chi connectivity index (χ0n) is 15.8. The topological polar surface area (TPSA) is 82.8 Å². The maximum atomic E-state index is 13.7. The minimum Gasteiger partial charge on any atom is -0.369 e. The van der Waals surface area contributed by atoms with Crippen LogP contribution in [0, 0.1) is 17.6 Å². The van der Waals surface area contributed by atoms with Gasteiger partial charge in [-0.2, -0.15) is 0 Å². The van der Waals surface area contributed by atoms with E-state index < -0.39 is 11.6 Å². The number of nitrogens with two attached hydrogens (primary N) is 1. The Balaban J connectivity index is 1.78. The molecule has 6 nitrogen and oxygen atoms in total. The Hall–Kier alpha value is -2.22. The maximum absolute atomic E-state index is 13.7. The summed E-state index contributed by atoms with van der Waals surface area (Å²) in [6.07, 6.45) is 2.74. The Morgan fingerprint density at radius 1 is 1.37 bits per heavy atom. The molecule has 150 valence electrons. The van der Waals surface area contributed by atoms with E-state index in [-0.39, 0.29) is 23.9 Å². The minimum atomic E-state index is -0.477. The molecule has 0 aliphatic carbocycles. The number of amides is 1. The van der Waals surface area contributed by atoms with E-state index in [9.17, 15) is 13.6 Å². The molecule has 0 spiro atoms. The van der Waals surface area contributed by atoms with Crippen molar-refractivity contribution in [3.8, 4) is 0 Å². The quantitative estimate of drug-likeness (QED) is 0.363. The minimum absolute atomic E-state index is 0.0493. The van der Waals surface area contributed by atoms with Gasteiger partial charge in [0.15, 0.2) is 5.96 Å². The molecule has 1 saturated heterocycles. The maximum Gasteiger partial charge on any atom is 0.221 e. The Morgan fingerprint density at radius 2 is 2.19 bits per heavy atom. The fourth-order valence-corrected chi connectivity index (χ4v) is 3.17. The van der Waals surface area contributed by atoms with Gasteiger partial charge < -0.3 is 21.3 Å². The van der Waals surface area contributed by atoms with Crippen LogP contribution in [0.3, 0.4) is 0 Å². The molecule has 2 rings (SSSR count). The van der Waals surface area contributed by atoms with E-state index in [1.165, 1.54) is 0 Å². The Morgan fingerprint density at radius 3 is 2.93 bits per heavy atom. The van der Waals surface area contributed by atoms with Crippen molar-refractivity contribution in [3.05, 3.63) is 35.4 Å². The summed E-state index contributed by atoms with van der Waals surface area (Å²) in [5.41, 5.74) is 5.63. The first-order chi connectivity index (χ1) is 13.0. The summed E-state index contributed by atoms with van der Waals surface area (Å²) in [7, 11) is 0. The largest absolute Gasteiger partial charge is 0.369 e. The van der Waals surface area contributed by atoms with Crippen LogP contribution < -0.4 is 16.4 Å². The van der Waals surface area contributed by atoms with E-state index in [0.29, 0.717) is 19.0 Å². The van der Waals surface area contributed by atoms with Crippen LogP contribution in [0.15, 0.2) is 23.2 Å². The molecule has 1 amide bonds. The third-order valence-corrected chi connectivity index (χ3v) is 4.61. The summed E-state index contributed by atoms with van der Waals surface area (Å²) in [6, 6.07) is 3.36. The second kappa shape index (κ2) is 10.8. The molecule has 8 heteroatoms. The number of nitrogens with one attached hydrogen (secondary N) is 2. The number of guanidine groups is 1. The highest BCUT2D eigenvalue weighted by Crippen LogP contribution is 2.16. The molecule has 1 aliphatic heterocycles. The van der Waals surface area contributed by atoms with Gasteiger partial charge >= 0.3 is 0 Å². The summed E-state index contributed by atoms with van der Waals surface area (Å²) in [5.74, 6) is -0.647. The van der Waals surface area contributed by atoms with Crippen molar-refractivity contribution in [1.82, 2.24) is 15.5 Å². The standard InChI is InChI=1S/C19H29F2N5O/c1-2-23-19(25-12-15-11-16(20)6-7-17(15)21)24-8-4-10-26-9-3-5-14(13-26)18(22)27/h6-7,11,14H,2-5,8-10,12-13H2,1H3,(H2,22,27)(H2,23,24,25). The van der Waals surface area contributed by atoms with E-state index in [4.69, 9.17) is 5.73 Å². The number of carbonyl (C=O) groups excluding carboxylic acids is 1. The van der Waals surface area contributed by atoms with Crippen molar-refractivity contribution in [1.29, 1.82) is 0 Å². The van der Waals surface area contributed by atoms with Crippen LogP contribution in [-0.2, 0) is 11.3 Å². The number of carbonyl (C=O) groups is 1. The van der Waals surface area contributed by atoms with Gasteiger partial charge in [0, 0.05) is 25.2 Å². The van der Waals surface area contributed by atoms with Crippen molar-refractivity contribution >= 4 is 11.9 Å². The molecule has 0 aromatic heterocycles. The molecule has 1 aromatic rings. The van der Waals surface area contributed by atoms with Crippen LogP contribution in [0.5, 0.6) is 0 Å². The van der Waals surface area contributed by atoms with Crippen LogP contribution in [0.4, 0.5) is 8.78 Å². The van der Waals surface area contributed by atoms with E-state index in [1.54, 1.807) is 0 Å². The summed E-state index contributed by atoms with van der Waals surface area (Å²) >= 11 is 0. The normalized spacial score (nSPS) is 18.3. The predicted molar refractivity (Wildman–Crippen MR) is 102 cm³/mol. The molecule has 4 N–H and O–H groups in total. The Kier molecular flexibility index (Phi) is 8.44. The van der Waals surface area contributed by atoms with E-state index >= 15 is 0 Å². The van der Waals surface area contributed by atoms with Gasteiger partial charge in [-0.1, -0.05) is 0 Å². The second-order valence-corrected chi connectivity index (χ2v) is 6.75. The first kappa shape index (κ1) is 21.1. The number of primary amides is 1. The smallest absolute Gasteiger partial charge is 0.221 e. The molecule has 1 unspecified atom stereocenters. The molecule has 1 heterocycles. The van der Waals surface area contributed by atoms with Crippen LogP contribution in [0.2, 0.25) is 0 Å². The van der Waals surface area contributed by atoms with Crippen molar-refractivity contribution < 1.29 is 13.6 Å². The van der Waals surface area contributed by atoms with Gasteiger partial charge in [0.2, 0.25) is 5.91 Å². The van der Waals surface area contributed by atoms with Crippen molar-refractivity contribution in [2.75, 3.05) is 32.7 Å². The lowest BCUT2D eigenvalue weighted by Crippen LogP contribution is -2.43. The first-order valence-electron chi connectivity index (χ1n) is 9.47. The number of piperidine rings is 1. The molecule has 27 heavy (non-hydrogen) atoms. The van der Waals surface area contributed by atoms with Gasteiger partial charge in [-0.05, 0) is 57.5 Å². The number of hydrogen-bond donors (Lipinski definition) is 3. The SMILES string of the molecule is CCNC(=NCc1cc(F)ccc1F)NCCCN1CCCC(C(N)=O)C1. The number of hydrogen-bond acceptors (Lipinski definition) is 3. The highest BCUT2D eigenvalue weighted by Gasteiger charge is 2.23. The lowest BCUT2D eigenvalue weighted by Gasteiger charge is -2.31.